The maximum Gasteiger partial charge on any atom is 0.0542 e. The van der Waals surface area contributed by atoms with Gasteiger partial charge in [0.05, 0.1) is 19.2 Å². The highest BCUT2D eigenvalue weighted by atomic mass is 32.1. The van der Waals surface area contributed by atoms with Gasteiger partial charge in [0.2, 0.25) is 0 Å². The molecule has 3 aromatic heterocycles. The van der Waals surface area contributed by atoms with Crippen molar-refractivity contribution in [1.29, 1.82) is 0 Å². The van der Waals surface area contributed by atoms with Gasteiger partial charge < -0.3 is 0 Å². The van der Waals surface area contributed by atoms with Crippen molar-refractivity contribution in [2.75, 3.05) is 0 Å². The predicted molar refractivity (Wildman–Crippen MR) is 134 cm³/mol. The minimum Gasteiger partial charge on any atom is -0.142 e. The van der Waals surface area contributed by atoms with Crippen LogP contribution in [0.1, 0.15) is 33.4 Å². The summed E-state index contributed by atoms with van der Waals surface area (Å²) in [5, 5.41) is 7.59. The van der Waals surface area contributed by atoms with E-state index in [-0.39, 0.29) is 0 Å². The summed E-state index contributed by atoms with van der Waals surface area (Å²) in [5.74, 6) is 0. The molecule has 0 unspecified atom stereocenters. The van der Waals surface area contributed by atoms with E-state index in [9.17, 15) is 0 Å². The maximum absolute atomic E-state index is 2.37. The van der Waals surface area contributed by atoms with Gasteiger partial charge in [0.1, 0.15) is 0 Å². The Balaban J connectivity index is 1.78. The largest absolute Gasteiger partial charge is 0.142 e. The summed E-state index contributed by atoms with van der Waals surface area (Å²) < 4.78 is 2.90. The van der Waals surface area contributed by atoms with Crippen molar-refractivity contribution in [2.45, 2.75) is 41.5 Å². The lowest BCUT2D eigenvalue weighted by molar-refractivity contribution is 1.33. The molecule has 0 spiro atoms. The summed E-state index contributed by atoms with van der Waals surface area (Å²) in [6, 6.07) is 9.25. The fraction of sp³-hybridized carbons (Fsp3) is 0.231. The minimum atomic E-state index is 1.34. The molecule has 146 valence electrons. The second-order valence-electron chi connectivity index (χ2n) is 8.26. The van der Waals surface area contributed by atoms with Crippen LogP contribution in [0.2, 0.25) is 0 Å². The van der Waals surface area contributed by atoms with Gasteiger partial charge in [0.25, 0.3) is 0 Å². The van der Waals surface area contributed by atoms with Gasteiger partial charge in [-0.1, -0.05) is 35.4 Å². The molecular weight excluding hydrogens is 408 g/mol. The van der Waals surface area contributed by atoms with Crippen LogP contribution in [0, 0.1) is 41.5 Å². The topological polar surface area (TPSA) is 0 Å². The van der Waals surface area contributed by atoms with Crippen molar-refractivity contribution in [2.24, 2.45) is 0 Å². The Kier molecular flexibility index (Phi) is 4.47. The molecule has 0 fully saturated rings. The van der Waals surface area contributed by atoms with E-state index in [1.54, 1.807) is 0 Å². The number of hydrogen-bond donors (Lipinski definition) is 0. The van der Waals surface area contributed by atoms with E-state index in [1.165, 1.54) is 74.4 Å². The highest BCUT2D eigenvalue weighted by molar-refractivity contribution is 7.33. The third-order valence-corrected chi connectivity index (χ3v) is 9.30. The third kappa shape index (κ3) is 2.91. The molecule has 3 heteroatoms. The summed E-state index contributed by atoms with van der Waals surface area (Å²) in [6.07, 6.45) is 0. The van der Waals surface area contributed by atoms with Gasteiger partial charge in [-0.3, -0.25) is 0 Å². The summed E-state index contributed by atoms with van der Waals surface area (Å²) in [7, 11) is 0. The average molecular weight is 433 g/mol. The number of fused-ring (bicyclic) bond motifs is 3. The zero-order valence-electron chi connectivity index (χ0n) is 17.7. The molecule has 0 aliphatic rings. The van der Waals surface area contributed by atoms with Gasteiger partial charge in [0.15, 0.2) is 0 Å². The molecule has 0 saturated heterocycles. The van der Waals surface area contributed by atoms with E-state index < -0.39 is 0 Å². The van der Waals surface area contributed by atoms with Crippen LogP contribution in [0.5, 0.6) is 0 Å². The van der Waals surface area contributed by atoms with Crippen molar-refractivity contribution >= 4 is 54.2 Å². The minimum absolute atomic E-state index is 1.34. The van der Waals surface area contributed by atoms with Crippen molar-refractivity contribution in [3.05, 3.63) is 68.4 Å². The van der Waals surface area contributed by atoms with Gasteiger partial charge in [-0.15, -0.1) is 34.0 Å². The molecule has 29 heavy (non-hydrogen) atoms. The van der Waals surface area contributed by atoms with Gasteiger partial charge in [-0.25, -0.2) is 0 Å². The molecule has 0 radical (unpaired) electrons. The van der Waals surface area contributed by atoms with Crippen molar-refractivity contribution in [1.82, 2.24) is 0 Å². The first-order chi connectivity index (χ1) is 13.8. The van der Waals surface area contributed by atoms with E-state index in [4.69, 9.17) is 0 Å². The predicted octanol–water partition coefficient (Wildman–Crippen LogP) is 9.36. The lowest BCUT2D eigenvalue weighted by atomic mass is 9.98. The van der Waals surface area contributed by atoms with Crippen LogP contribution in [0.15, 0.2) is 35.0 Å². The number of rotatable bonds is 2. The molecule has 2 aromatic carbocycles. The van der Waals surface area contributed by atoms with E-state index in [0.717, 1.165) is 0 Å². The second-order valence-corrected chi connectivity index (χ2v) is 11.0. The highest BCUT2D eigenvalue weighted by Gasteiger charge is 2.20. The number of thiophene rings is 3. The number of hydrogen-bond acceptors (Lipinski definition) is 3. The fourth-order valence-corrected chi connectivity index (χ4v) is 8.91. The maximum atomic E-state index is 2.37. The molecule has 3 heterocycles. The quantitative estimate of drug-likeness (QED) is 0.260. The molecule has 0 saturated carbocycles. The zero-order chi connectivity index (χ0) is 20.4. The van der Waals surface area contributed by atoms with Crippen LogP contribution in [0.25, 0.3) is 41.1 Å². The molecule has 0 bridgehead atoms. The molecular formula is C26H24S3. The van der Waals surface area contributed by atoms with E-state index >= 15 is 0 Å². The summed E-state index contributed by atoms with van der Waals surface area (Å²) in [5.41, 5.74) is 11.1. The molecule has 0 atom stereocenters. The lowest BCUT2D eigenvalue weighted by Gasteiger charge is -2.10. The van der Waals surface area contributed by atoms with Crippen molar-refractivity contribution < 1.29 is 0 Å². The Bertz CT molecular complexity index is 1250. The summed E-state index contributed by atoms with van der Waals surface area (Å²) in [6.45, 7) is 13.4. The molecule has 5 rings (SSSR count). The Labute approximate surface area is 184 Å². The molecule has 0 aliphatic heterocycles. The van der Waals surface area contributed by atoms with Crippen LogP contribution in [-0.4, -0.2) is 0 Å². The van der Waals surface area contributed by atoms with Crippen molar-refractivity contribution in [3.63, 3.8) is 0 Å². The fourth-order valence-electron chi connectivity index (χ4n) is 4.79. The molecule has 5 aromatic rings. The Morgan fingerprint density at radius 3 is 1.21 bits per heavy atom. The molecule has 0 N–H and O–H groups in total. The molecule has 0 nitrogen and oxygen atoms in total. The first kappa shape index (κ1) is 19.0. The lowest BCUT2D eigenvalue weighted by Crippen LogP contribution is -1.88. The number of aryl methyl sites for hydroxylation is 6. The average Bonchev–Trinajstić information content (AvgIpc) is 3.27. The van der Waals surface area contributed by atoms with Crippen LogP contribution in [0.4, 0.5) is 0 Å². The van der Waals surface area contributed by atoms with Crippen LogP contribution in [0.3, 0.4) is 0 Å². The smallest absolute Gasteiger partial charge is 0.0542 e. The SMILES string of the molecule is Cc1cc(C)c(-c2scc3c2sc2c(-c4c(C)cc(C)cc4C)scc23)c(C)c1. The van der Waals surface area contributed by atoms with Gasteiger partial charge in [0, 0.05) is 21.5 Å². The van der Waals surface area contributed by atoms with Crippen LogP contribution in [-0.2, 0) is 0 Å². The van der Waals surface area contributed by atoms with E-state index in [0.29, 0.717) is 0 Å². The normalized spacial score (nSPS) is 11.8. The highest BCUT2D eigenvalue weighted by Crippen LogP contribution is 2.51. The Morgan fingerprint density at radius 2 is 0.862 bits per heavy atom. The standard InChI is InChI=1S/C26H24S3/c1-13-7-15(3)21(16(4)8-13)25-23-19(11-27-25)20-12-28-26(24(20)29-23)22-17(5)9-14(2)10-18(22)6/h7-12H,1-6H3. The van der Waals surface area contributed by atoms with E-state index in [1.807, 2.05) is 34.0 Å². The zero-order valence-corrected chi connectivity index (χ0v) is 20.1. The first-order valence-corrected chi connectivity index (χ1v) is 12.5. The monoisotopic (exact) mass is 432 g/mol. The van der Waals surface area contributed by atoms with Gasteiger partial charge in [-0.2, -0.15) is 0 Å². The van der Waals surface area contributed by atoms with Crippen LogP contribution >= 0.6 is 34.0 Å². The Hall–Kier alpha value is -1.94. The second kappa shape index (κ2) is 6.80. The Morgan fingerprint density at radius 1 is 0.517 bits per heavy atom. The molecule has 0 aliphatic carbocycles. The molecule has 0 amide bonds. The van der Waals surface area contributed by atoms with Crippen molar-refractivity contribution in [3.8, 4) is 20.9 Å². The summed E-state index contributed by atoms with van der Waals surface area (Å²) in [4.78, 5) is 2.87. The number of benzene rings is 2. The third-order valence-electron chi connectivity index (χ3n) is 5.79. The summed E-state index contributed by atoms with van der Waals surface area (Å²) >= 11 is 5.78. The first-order valence-electron chi connectivity index (χ1n) is 9.92. The van der Waals surface area contributed by atoms with Gasteiger partial charge >= 0.3 is 0 Å². The van der Waals surface area contributed by atoms with Gasteiger partial charge in [-0.05, 0) is 74.9 Å². The van der Waals surface area contributed by atoms with E-state index in [2.05, 4.69) is 76.6 Å². The van der Waals surface area contributed by atoms with Crippen LogP contribution < -0.4 is 0 Å².